The predicted octanol–water partition coefficient (Wildman–Crippen LogP) is 16.7. The second kappa shape index (κ2) is 13.6. The van der Waals surface area contributed by atoms with E-state index in [1.807, 2.05) is 17.4 Å². The summed E-state index contributed by atoms with van der Waals surface area (Å²) in [5.74, 6) is 0. The lowest BCUT2D eigenvalue weighted by Crippen LogP contribution is -2.10. The van der Waals surface area contributed by atoms with Crippen molar-refractivity contribution in [2.24, 2.45) is 0 Å². The maximum absolute atomic E-state index is 6.44. The van der Waals surface area contributed by atoms with Gasteiger partial charge in [-0.25, -0.2) is 0 Å². The van der Waals surface area contributed by atoms with Crippen molar-refractivity contribution in [3.05, 3.63) is 212 Å². The number of benzene rings is 10. The third-order valence-corrected chi connectivity index (χ3v) is 13.1. The normalized spacial score (nSPS) is 11.7. The molecule has 12 aromatic rings. The number of hydrogen-bond donors (Lipinski definition) is 0. The molecular formula is C56H35NOS. The van der Waals surface area contributed by atoms with Crippen molar-refractivity contribution in [3.63, 3.8) is 0 Å². The summed E-state index contributed by atoms with van der Waals surface area (Å²) in [6.07, 6.45) is 0. The van der Waals surface area contributed by atoms with Crippen LogP contribution < -0.4 is 4.90 Å². The van der Waals surface area contributed by atoms with E-state index in [9.17, 15) is 0 Å². The van der Waals surface area contributed by atoms with E-state index in [2.05, 4.69) is 211 Å². The molecule has 0 bridgehead atoms. The van der Waals surface area contributed by atoms with Gasteiger partial charge in [0.25, 0.3) is 0 Å². The Balaban J connectivity index is 1.10. The molecule has 12 rings (SSSR count). The van der Waals surface area contributed by atoms with E-state index < -0.39 is 0 Å². The van der Waals surface area contributed by atoms with E-state index in [1.165, 1.54) is 64.0 Å². The molecule has 3 heteroatoms. The van der Waals surface area contributed by atoms with Gasteiger partial charge in [-0.05, 0) is 110 Å². The second-order valence-corrected chi connectivity index (χ2v) is 16.3. The van der Waals surface area contributed by atoms with Crippen molar-refractivity contribution >= 4 is 92.1 Å². The van der Waals surface area contributed by atoms with Gasteiger partial charge >= 0.3 is 0 Å². The average Bonchev–Trinajstić information content (AvgIpc) is 3.89. The molecule has 0 aliphatic heterocycles. The monoisotopic (exact) mass is 769 g/mol. The Kier molecular flexibility index (Phi) is 7.75. The molecule has 276 valence electrons. The van der Waals surface area contributed by atoms with Crippen LogP contribution in [0.3, 0.4) is 0 Å². The molecule has 2 aromatic heterocycles. The average molecular weight is 770 g/mol. The summed E-state index contributed by atoms with van der Waals surface area (Å²) in [5, 5.41) is 9.85. The Morgan fingerprint density at radius 1 is 0.356 bits per heavy atom. The Morgan fingerprint density at radius 3 is 1.86 bits per heavy atom. The van der Waals surface area contributed by atoms with Gasteiger partial charge in [0.2, 0.25) is 0 Å². The van der Waals surface area contributed by atoms with Crippen LogP contribution in [0, 0.1) is 0 Å². The van der Waals surface area contributed by atoms with Crippen LogP contribution in [0.15, 0.2) is 217 Å². The first kappa shape index (κ1) is 33.7. The number of anilines is 3. The third kappa shape index (κ3) is 5.47. The number of furan rings is 1. The van der Waals surface area contributed by atoms with Gasteiger partial charge in [-0.1, -0.05) is 158 Å². The van der Waals surface area contributed by atoms with E-state index >= 15 is 0 Å². The fourth-order valence-electron chi connectivity index (χ4n) is 9.18. The first-order valence-electron chi connectivity index (χ1n) is 20.1. The minimum absolute atomic E-state index is 0.886. The van der Waals surface area contributed by atoms with Crippen molar-refractivity contribution in [3.8, 4) is 33.4 Å². The first-order valence-corrected chi connectivity index (χ1v) is 20.9. The highest BCUT2D eigenvalue weighted by atomic mass is 32.1. The summed E-state index contributed by atoms with van der Waals surface area (Å²) in [7, 11) is 0. The van der Waals surface area contributed by atoms with Crippen LogP contribution in [-0.4, -0.2) is 0 Å². The summed E-state index contributed by atoms with van der Waals surface area (Å²) in [5.41, 5.74) is 12.2. The summed E-state index contributed by atoms with van der Waals surface area (Å²) in [6.45, 7) is 0. The molecule has 0 atom stereocenters. The zero-order valence-electron chi connectivity index (χ0n) is 32.0. The van der Waals surface area contributed by atoms with Crippen LogP contribution in [-0.2, 0) is 0 Å². The third-order valence-electron chi connectivity index (χ3n) is 11.9. The van der Waals surface area contributed by atoms with Gasteiger partial charge in [-0.2, -0.15) is 0 Å². The molecule has 0 radical (unpaired) electrons. The Bertz CT molecular complexity index is 3560. The van der Waals surface area contributed by atoms with Crippen LogP contribution >= 0.6 is 11.3 Å². The topological polar surface area (TPSA) is 16.4 Å². The summed E-state index contributed by atoms with van der Waals surface area (Å²) in [4.78, 5) is 2.45. The zero-order valence-corrected chi connectivity index (χ0v) is 32.8. The number of thiophene rings is 1. The lowest BCUT2D eigenvalue weighted by atomic mass is 9.91. The molecule has 0 saturated heterocycles. The highest BCUT2D eigenvalue weighted by Crippen LogP contribution is 2.48. The Labute approximate surface area is 345 Å². The molecular weight excluding hydrogens is 735 g/mol. The molecule has 0 unspecified atom stereocenters. The van der Waals surface area contributed by atoms with E-state index in [1.54, 1.807) is 0 Å². The molecule has 2 heterocycles. The van der Waals surface area contributed by atoms with Crippen LogP contribution in [0.1, 0.15) is 0 Å². The first-order chi connectivity index (χ1) is 29.3. The van der Waals surface area contributed by atoms with E-state index in [0.717, 1.165) is 50.1 Å². The number of nitrogens with zero attached hydrogens (tertiary/aromatic N) is 1. The number of rotatable bonds is 6. The van der Waals surface area contributed by atoms with E-state index in [0.29, 0.717) is 0 Å². The Hall–Kier alpha value is -7.46. The van der Waals surface area contributed by atoms with Crippen molar-refractivity contribution in [1.29, 1.82) is 0 Å². The standard InChI is InChI=1S/C56H35NOS/c1-2-14-36(15-3-1)42-33-32-40(35-50(42)46-22-13-26-53-55(46)48-21-8-10-25-52(48)58-53)57(51-24-12-23-47-45-20-9-11-27-54(45)59-56(47)51)39-30-28-37(29-31-39)49-34-38-16-4-5-17-41(38)43-18-6-7-19-44(43)49/h1-35H. The van der Waals surface area contributed by atoms with Gasteiger partial charge in [0.1, 0.15) is 11.2 Å². The van der Waals surface area contributed by atoms with E-state index in [4.69, 9.17) is 4.42 Å². The smallest absolute Gasteiger partial charge is 0.136 e. The van der Waals surface area contributed by atoms with Gasteiger partial charge in [0, 0.05) is 37.6 Å². The molecule has 0 aliphatic carbocycles. The molecule has 0 amide bonds. The van der Waals surface area contributed by atoms with Gasteiger partial charge < -0.3 is 9.32 Å². The summed E-state index contributed by atoms with van der Waals surface area (Å²) < 4.78 is 8.99. The van der Waals surface area contributed by atoms with Crippen molar-refractivity contribution < 1.29 is 4.42 Å². The second-order valence-electron chi connectivity index (χ2n) is 15.2. The zero-order chi connectivity index (χ0) is 38.9. The molecule has 0 N–H and O–H groups in total. The Morgan fingerprint density at radius 2 is 1.00 bits per heavy atom. The molecule has 0 aliphatic rings. The highest BCUT2D eigenvalue weighted by molar-refractivity contribution is 7.26. The van der Waals surface area contributed by atoms with Gasteiger partial charge in [-0.3, -0.25) is 0 Å². The SMILES string of the molecule is c1ccc(-c2ccc(N(c3ccc(-c4cc5ccccc5c5ccccc45)cc3)c3cccc4c3sc3ccccc34)cc2-c2cccc3oc4ccccc4c23)cc1. The fraction of sp³-hybridized carbons (Fsp3) is 0. The summed E-state index contributed by atoms with van der Waals surface area (Å²) in [6, 6.07) is 77.0. The molecule has 0 saturated carbocycles. The number of hydrogen-bond acceptors (Lipinski definition) is 3. The largest absolute Gasteiger partial charge is 0.456 e. The van der Waals surface area contributed by atoms with Gasteiger partial charge in [-0.15, -0.1) is 11.3 Å². The molecule has 10 aromatic carbocycles. The quantitative estimate of drug-likeness (QED) is 0.157. The minimum atomic E-state index is 0.886. The van der Waals surface area contributed by atoms with Crippen LogP contribution in [0.5, 0.6) is 0 Å². The lowest BCUT2D eigenvalue weighted by molar-refractivity contribution is 0.669. The van der Waals surface area contributed by atoms with Crippen molar-refractivity contribution in [2.45, 2.75) is 0 Å². The van der Waals surface area contributed by atoms with Crippen LogP contribution in [0.25, 0.3) is 97.0 Å². The molecule has 59 heavy (non-hydrogen) atoms. The highest BCUT2D eigenvalue weighted by Gasteiger charge is 2.22. The lowest BCUT2D eigenvalue weighted by Gasteiger charge is -2.27. The molecule has 2 nitrogen and oxygen atoms in total. The van der Waals surface area contributed by atoms with Crippen molar-refractivity contribution in [1.82, 2.24) is 0 Å². The maximum atomic E-state index is 6.44. The number of fused-ring (bicyclic) bond motifs is 9. The van der Waals surface area contributed by atoms with Crippen molar-refractivity contribution in [2.75, 3.05) is 4.90 Å². The van der Waals surface area contributed by atoms with E-state index in [-0.39, 0.29) is 0 Å². The van der Waals surface area contributed by atoms with Gasteiger partial charge in [0.15, 0.2) is 0 Å². The van der Waals surface area contributed by atoms with Crippen LogP contribution in [0.2, 0.25) is 0 Å². The van der Waals surface area contributed by atoms with Gasteiger partial charge in [0.05, 0.1) is 10.4 Å². The minimum Gasteiger partial charge on any atom is -0.456 e. The fourth-order valence-corrected chi connectivity index (χ4v) is 10.4. The van der Waals surface area contributed by atoms with Crippen LogP contribution in [0.4, 0.5) is 17.1 Å². The number of para-hydroxylation sites is 1. The predicted molar refractivity (Wildman–Crippen MR) is 253 cm³/mol. The summed E-state index contributed by atoms with van der Waals surface area (Å²) >= 11 is 1.86. The molecule has 0 fully saturated rings. The molecule has 0 spiro atoms. The maximum Gasteiger partial charge on any atom is 0.136 e.